The van der Waals surface area contributed by atoms with Crippen molar-refractivity contribution in [1.82, 2.24) is 15.5 Å². The number of urea groups is 1. The average Bonchev–Trinajstić information content (AvgIpc) is 2.34. The van der Waals surface area contributed by atoms with Crippen LogP contribution in [0.4, 0.5) is 4.79 Å². The number of nitrogens with one attached hydrogen (secondary N) is 2. The molecule has 1 fully saturated rings. The van der Waals surface area contributed by atoms with E-state index in [1.54, 1.807) is 0 Å². The molecule has 0 aliphatic carbocycles. The van der Waals surface area contributed by atoms with Crippen LogP contribution in [0.15, 0.2) is 0 Å². The molecule has 0 unspecified atom stereocenters. The van der Waals surface area contributed by atoms with Gasteiger partial charge >= 0.3 is 6.03 Å². The zero-order valence-corrected chi connectivity index (χ0v) is 10.6. The number of amides is 2. The largest absolute Gasteiger partial charge is 0.338 e. The molecule has 0 saturated carbocycles. The Kier molecular flexibility index (Phi) is 6.23. The molecular weight excluding hydrogens is 202 g/mol. The van der Waals surface area contributed by atoms with Gasteiger partial charge in [0.2, 0.25) is 0 Å². The van der Waals surface area contributed by atoms with Crippen molar-refractivity contribution in [3.63, 3.8) is 0 Å². The summed E-state index contributed by atoms with van der Waals surface area (Å²) in [6.45, 7) is 5.79. The van der Waals surface area contributed by atoms with E-state index in [2.05, 4.69) is 17.6 Å². The highest BCUT2D eigenvalue weighted by atomic mass is 16.2. The van der Waals surface area contributed by atoms with Crippen LogP contribution in [0.25, 0.3) is 0 Å². The summed E-state index contributed by atoms with van der Waals surface area (Å²) in [4.78, 5) is 13.6. The summed E-state index contributed by atoms with van der Waals surface area (Å²) in [6.07, 6.45) is 4.55. The van der Waals surface area contributed by atoms with Crippen LogP contribution in [0.5, 0.6) is 0 Å². The van der Waals surface area contributed by atoms with Gasteiger partial charge in [-0.1, -0.05) is 6.92 Å². The molecule has 0 spiro atoms. The summed E-state index contributed by atoms with van der Waals surface area (Å²) >= 11 is 0. The molecule has 2 amide bonds. The Bertz CT molecular complexity index is 200. The standard InChI is InChI=1S/C12H25N3O/c1-3-7-14-12(16)15-9-5-11(6-10-15)4-8-13-2/h11,13H,3-10H2,1-2H3,(H,14,16). The minimum absolute atomic E-state index is 0.119. The van der Waals surface area contributed by atoms with Crippen LogP contribution in [0.2, 0.25) is 0 Å². The molecular formula is C12H25N3O. The van der Waals surface area contributed by atoms with Gasteiger partial charge in [-0.05, 0) is 45.2 Å². The summed E-state index contributed by atoms with van der Waals surface area (Å²) in [6, 6.07) is 0.119. The zero-order chi connectivity index (χ0) is 11.8. The van der Waals surface area contributed by atoms with E-state index < -0.39 is 0 Å². The maximum absolute atomic E-state index is 11.7. The number of piperidine rings is 1. The van der Waals surface area contributed by atoms with E-state index in [1.807, 2.05) is 11.9 Å². The van der Waals surface area contributed by atoms with Gasteiger partial charge in [0.25, 0.3) is 0 Å². The fraction of sp³-hybridized carbons (Fsp3) is 0.917. The van der Waals surface area contributed by atoms with Gasteiger partial charge in [-0.2, -0.15) is 0 Å². The van der Waals surface area contributed by atoms with Crippen molar-refractivity contribution in [2.24, 2.45) is 5.92 Å². The lowest BCUT2D eigenvalue weighted by atomic mass is 9.94. The van der Waals surface area contributed by atoms with E-state index in [1.165, 1.54) is 6.42 Å². The first-order valence-corrected chi connectivity index (χ1v) is 6.45. The van der Waals surface area contributed by atoms with Gasteiger partial charge in [0.15, 0.2) is 0 Å². The second-order valence-electron chi connectivity index (χ2n) is 4.55. The van der Waals surface area contributed by atoms with Crippen molar-refractivity contribution >= 4 is 6.03 Å². The molecule has 0 aromatic heterocycles. The van der Waals surface area contributed by atoms with E-state index >= 15 is 0 Å². The molecule has 0 aromatic rings. The SMILES string of the molecule is CCCNC(=O)N1CCC(CCNC)CC1. The lowest BCUT2D eigenvalue weighted by Gasteiger charge is -2.32. The maximum atomic E-state index is 11.7. The van der Waals surface area contributed by atoms with E-state index in [4.69, 9.17) is 0 Å². The molecule has 1 heterocycles. The first-order chi connectivity index (χ1) is 7.77. The van der Waals surface area contributed by atoms with Crippen molar-refractivity contribution < 1.29 is 4.79 Å². The topological polar surface area (TPSA) is 44.4 Å². The van der Waals surface area contributed by atoms with Crippen molar-refractivity contribution in [1.29, 1.82) is 0 Å². The van der Waals surface area contributed by atoms with Gasteiger partial charge in [0.05, 0.1) is 0 Å². The van der Waals surface area contributed by atoms with Gasteiger partial charge in [-0.15, -0.1) is 0 Å². The average molecular weight is 227 g/mol. The van der Waals surface area contributed by atoms with Crippen LogP contribution >= 0.6 is 0 Å². The minimum atomic E-state index is 0.119. The first-order valence-electron chi connectivity index (χ1n) is 6.45. The summed E-state index contributed by atoms with van der Waals surface area (Å²) in [5.41, 5.74) is 0. The number of likely N-dealkylation sites (tertiary alicyclic amines) is 1. The van der Waals surface area contributed by atoms with E-state index in [-0.39, 0.29) is 6.03 Å². The zero-order valence-electron chi connectivity index (χ0n) is 10.6. The Morgan fingerprint density at radius 1 is 1.31 bits per heavy atom. The van der Waals surface area contributed by atoms with Crippen molar-refractivity contribution in [2.75, 3.05) is 33.2 Å². The number of nitrogens with zero attached hydrogens (tertiary/aromatic N) is 1. The third-order valence-corrected chi connectivity index (χ3v) is 3.23. The summed E-state index contributed by atoms with van der Waals surface area (Å²) in [5.74, 6) is 0.794. The number of hydrogen-bond donors (Lipinski definition) is 2. The van der Waals surface area contributed by atoms with Crippen LogP contribution in [0, 0.1) is 5.92 Å². The van der Waals surface area contributed by atoms with Gasteiger partial charge < -0.3 is 15.5 Å². The van der Waals surface area contributed by atoms with Gasteiger partial charge in [-0.25, -0.2) is 4.79 Å². The molecule has 2 N–H and O–H groups in total. The predicted octanol–water partition coefficient (Wildman–Crippen LogP) is 1.43. The molecule has 1 aliphatic rings. The second-order valence-corrected chi connectivity index (χ2v) is 4.55. The fourth-order valence-electron chi connectivity index (χ4n) is 2.12. The lowest BCUT2D eigenvalue weighted by molar-refractivity contribution is 0.168. The number of carbonyl (C=O) groups is 1. The Morgan fingerprint density at radius 2 is 2.00 bits per heavy atom. The van der Waals surface area contributed by atoms with E-state index in [0.29, 0.717) is 0 Å². The van der Waals surface area contributed by atoms with Gasteiger partial charge in [0.1, 0.15) is 0 Å². The molecule has 0 atom stereocenters. The Balaban J connectivity index is 2.18. The predicted molar refractivity (Wildman–Crippen MR) is 66.5 cm³/mol. The third-order valence-electron chi connectivity index (χ3n) is 3.23. The molecule has 94 valence electrons. The van der Waals surface area contributed by atoms with Crippen LogP contribution in [-0.4, -0.2) is 44.2 Å². The number of rotatable bonds is 5. The van der Waals surface area contributed by atoms with Crippen molar-refractivity contribution in [3.8, 4) is 0 Å². The smallest absolute Gasteiger partial charge is 0.317 e. The summed E-state index contributed by atoms with van der Waals surface area (Å²) < 4.78 is 0. The highest BCUT2D eigenvalue weighted by Crippen LogP contribution is 2.19. The third kappa shape index (κ3) is 4.39. The van der Waals surface area contributed by atoms with Crippen LogP contribution in [0.1, 0.15) is 32.6 Å². The summed E-state index contributed by atoms with van der Waals surface area (Å²) in [7, 11) is 1.99. The lowest BCUT2D eigenvalue weighted by Crippen LogP contribution is -2.44. The quantitative estimate of drug-likeness (QED) is 0.746. The molecule has 1 rings (SSSR count). The Labute approximate surface area is 98.8 Å². The van der Waals surface area contributed by atoms with Crippen LogP contribution < -0.4 is 10.6 Å². The Hall–Kier alpha value is -0.770. The monoisotopic (exact) mass is 227 g/mol. The van der Waals surface area contributed by atoms with E-state index in [9.17, 15) is 4.79 Å². The minimum Gasteiger partial charge on any atom is -0.338 e. The van der Waals surface area contributed by atoms with Gasteiger partial charge in [-0.3, -0.25) is 0 Å². The molecule has 4 heteroatoms. The summed E-state index contributed by atoms with van der Waals surface area (Å²) in [5, 5.41) is 6.12. The van der Waals surface area contributed by atoms with Crippen LogP contribution in [0.3, 0.4) is 0 Å². The second kappa shape index (κ2) is 7.49. The van der Waals surface area contributed by atoms with Crippen LogP contribution in [-0.2, 0) is 0 Å². The molecule has 4 nitrogen and oxygen atoms in total. The molecule has 0 radical (unpaired) electrons. The highest BCUT2D eigenvalue weighted by Gasteiger charge is 2.21. The van der Waals surface area contributed by atoms with E-state index in [0.717, 1.165) is 51.4 Å². The molecule has 1 aliphatic heterocycles. The molecule has 0 aromatic carbocycles. The highest BCUT2D eigenvalue weighted by molar-refractivity contribution is 5.74. The maximum Gasteiger partial charge on any atom is 0.317 e. The number of carbonyl (C=O) groups excluding carboxylic acids is 1. The van der Waals surface area contributed by atoms with Crippen molar-refractivity contribution in [2.45, 2.75) is 32.6 Å². The number of hydrogen-bond acceptors (Lipinski definition) is 2. The molecule has 16 heavy (non-hydrogen) atoms. The Morgan fingerprint density at radius 3 is 2.56 bits per heavy atom. The van der Waals surface area contributed by atoms with Crippen molar-refractivity contribution in [3.05, 3.63) is 0 Å². The molecule has 1 saturated heterocycles. The first kappa shape index (κ1) is 13.3. The normalized spacial score (nSPS) is 17.5. The van der Waals surface area contributed by atoms with Gasteiger partial charge in [0, 0.05) is 19.6 Å². The fourth-order valence-corrected chi connectivity index (χ4v) is 2.12. The molecule has 0 bridgehead atoms.